The molecule has 3 N–H and O–H groups in total. The van der Waals surface area contributed by atoms with E-state index in [-0.39, 0.29) is 11.8 Å². The van der Waals surface area contributed by atoms with Gasteiger partial charge in [0.1, 0.15) is 0 Å². The number of hydrogen-bond donors (Lipinski definition) is 2. The van der Waals surface area contributed by atoms with E-state index >= 15 is 0 Å². The SMILES string of the molecule is Cc1ccc(NC(=O)C(C)C)cc1N. The molecule has 0 aliphatic rings. The lowest BCUT2D eigenvalue weighted by molar-refractivity contribution is -0.118. The minimum absolute atomic E-state index is 0.00764. The number of nitrogens with two attached hydrogens (primary N) is 1. The summed E-state index contributed by atoms with van der Waals surface area (Å²) in [6.07, 6.45) is 0. The number of carbonyl (C=O) groups is 1. The first-order chi connectivity index (χ1) is 6.50. The lowest BCUT2D eigenvalue weighted by atomic mass is 10.1. The van der Waals surface area contributed by atoms with E-state index < -0.39 is 0 Å². The van der Waals surface area contributed by atoms with Gasteiger partial charge in [-0.1, -0.05) is 19.9 Å². The average molecular weight is 192 g/mol. The van der Waals surface area contributed by atoms with Gasteiger partial charge in [0.05, 0.1) is 0 Å². The van der Waals surface area contributed by atoms with Crippen LogP contribution in [-0.4, -0.2) is 5.91 Å². The van der Waals surface area contributed by atoms with Crippen molar-refractivity contribution in [3.05, 3.63) is 23.8 Å². The summed E-state index contributed by atoms with van der Waals surface area (Å²) in [4.78, 5) is 11.4. The number of anilines is 2. The number of benzene rings is 1. The molecule has 1 rings (SSSR count). The molecule has 76 valence electrons. The summed E-state index contributed by atoms with van der Waals surface area (Å²) in [7, 11) is 0. The summed E-state index contributed by atoms with van der Waals surface area (Å²) in [6.45, 7) is 5.64. The van der Waals surface area contributed by atoms with Gasteiger partial charge >= 0.3 is 0 Å². The van der Waals surface area contributed by atoms with Crippen LogP contribution in [0, 0.1) is 12.8 Å². The first-order valence-electron chi connectivity index (χ1n) is 4.67. The van der Waals surface area contributed by atoms with Gasteiger partial charge in [0.15, 0.2) is 0 Å². The fourth-order valence-electron chi connectivity index (χ4n) is 1.00. The quantitative estimate of drug-likeness (QED) is 0.705. The Balaban J connectivity index is 2.78. The molecule has 0 unspecified atom stereocenters. The van der Waals surface area contributed by atoms with Crippen LogP contribution in [0.15, 0.2) is 18.2 Å². The van der Waals surface area contributed by atoms with E-state index in [0.717, 1.165) is 11.3 Å². The smallest absolute Gasteiger partial charge is 0.226 e. The molecule has 1 aromatic carbocycles. The van der Waals surface area contributed by atoms with Crippen molar-refractivity contribution in [1.29, 1.82) is 0 Å². The lowest BCUT2D eigenvalue weighted by Gasteiger charge is -2.09. The highest BCUT2D eigenvalue weighted by Crippen LogP contribution is 2.17. The number of rotatable bonds is 2. The molecular formula is C11H16N2O. The molecule has 0 saturated heterocycles. The molecule has 3 heteroatoms. The maximum absolute atomic E-state index is 11.4. The van der Waals surface area contributed by atoms with Gasteiger partial charge in [-0.25, -0.2) is 0 Å². The van der Waals surface area contributed by atoms with Gasteiger partial charge in [-0.15, -0.1) is 0 Å². The number of aryl methyl sites for hydroxylation is 1. The van der Waals surface area contributed by atoms with E-state index in [1.54, 1.807) is 6.07 Å². The topological polar surface area (TPSA) is 55.1 Å². The molecule has 0 saturated carbocycles. The van der Waals surface area contributed by atoms with Crippen LogP contribution in [0.25, 0.3) is 0 Å². The van der Waals surface area contributed by atoms with E-state index in [4.69, 9.17) is 5.73 Å². The molecule has 0 heterocycles. The highest BCUT2D eigenvalue weighted by Gasteiger charge is 2.07. The van der Waals surface area contributed by atoms with Crippen molar-refractivity contribution in [3.63, 3.8) is 0 Å². The highest BCUT2D eigenvalue weighted by molar-refractivity contribution is 5.92. The van der Waals surface area contributed by atoms with Crippen molar-refractivity contribution in [1.82, 2.24) is 0 Å². The molecule has 0 spiro atoms. The normalized spacial score (nSPS) is 10.3. The first-order valence-corrected chi connectivity index (χ1v) is 4.67. The third-order valence-electron chi connectivity index (χ3n) is 2.07. The van der Waals surface area contributed by atoms with Gasteiger partial charge in [-0.05, 0) is 24.6 Å². The summed E-state index contributed by atoms with van der Waals surface area (Å²) >= 11 is 0. The van der Waals surface area contributed by atoms with Gasteiger partial charge in [0.25, 0.3) is 0 Å². The molecule has 0 bridgehead atoms. The molecular weight excluding hydrogens is 176 g/mol. The van der Waals surface area contributed by atoms with Crippen molar-refractivity contribution >= 4 is 17.3 Å². The fourth-order valence-corrected chi connectivity index (χ4v) is 1.00. The Bertz CT molecular complexity index is 345. The molecule has 3 nitrogen and oxygen atoms in total. The molecule has 0 aliphatic heterocycles. The van der Waals surface area contributed by atoms with Crippen molar-refractivity contribution < 1.29 is 4.79 Å². The fraction of sp³-hybridized carbons (Fsp3) is 0.364. The highest BCUT2D eigenvalue weighted by atomic mass is 16.1. The number of carbonyl (C=O) groups excluding carboxylic acids is 1. The minimum Gasteiger partial charge on any atom is -0.398 e. The predicted molar refractivity (Wildman–Crippen MR) is 59.1 cm³/mol. The Morgan fingerprint density at radius 1 is 1.43 bits per heavy atom. The van der Waals surface area contributed by atoms with Gasteiger partial charge in [-0.2, -0.15) is 0 Å². The molecule has 0 fully saturated rings. The number of nitrogens with one attached hydrogen (secondary N) is 1. The second-order valence-electron chi connectivity index (χ2n) is 3.72. The molecule has 0 atom stereocenters. The third-order valence-corrected chi connectivity index (χ3v) is 2.07. The zero-order chi connectivity index (χ0) is 10.7. The summed E-state index contributed by atoms with van der Waals surface area (Å²) < 4.78 is 0. The third kappa shape index (κ3) is 2.49. The van der Waals surface area contributed by atoms with E-state index in [1.165, 1.54) is 0 Å². The Morgan fingerprint density at radius 2 is 2.07 bits per heavy atom. The van der Waals surface area contributed by atoms with Gasteiger partial charge < -0.3 is 11.1 Å². The van der Waals surface area contributed by atoms with E-state index in [2.05, 4.69) is 5.32 Å². The molecule has 14 heavy (non-hydrogen) atoms. The van der Waals surface area contributed by atoms with E-state index in [0.29, 0.717) is 5.69 Å². The second-order valence-corrected chi connectivity index (χ2v) is 3.72. The average Bonchev–Trinajstić information content (AvgIpc) is 2.11. The van der Waals surface area contributed by atoms with Crippen molar-refractivity contribution in [3.8, 4) is 0 Å². The summed E-state index contributed by atoms with van der Waals surface area (Å²) in [5.74, 6) is -0.00854. The second kappa shape index (κ2) is 4.13. The Labute approximate surface area is 84.3 Å². The Morgan fingerprint density at radius 3 is 2.57 bits per heavy atom. The van der Waals surface area contributed by atoms with Crippen LogP contribution in [0.3, 0.4) is 0 Å². The van der Waals surface area contributed by atoms with E-state index in [9.17, 15) is 4.79 Å². The van der Waals surface area contributed by atoms with Crippen molar-refractivity contribution in [2.45, 2.75) is 20.8 Å². The monoisotopic (exact) mass is 192 g/mol. The largest absolute Gasteiger partial charge is 0.398 e. The van der Waals surface area contributed by atoms with Crippen LogP contribution in [0.2, 0.25) is 0 Å². The number of amides is 1. The van der Waals surface area contributed by atoms with Crippen LogP contribution < -0.4 is 11.1 Å². The Kier molecular flexibility index (Phi) is 3.12. The van der Waals surface area contributed by atoms with Crippen molar-refractivity contribution in [2.75, 3.05) is 11.1 Å². The molecule has 0 aliphatic carbocycles. The van der Waals surface area contributed by atoms with Crippen LogP contribution in [0.5, 0.6) is 0 Å². The summed E-state index contributed by atoms with van der Waals surface area (Å²) in [5.41, 5.74) is 8.20. The summed E-state index contributed by atoms with van der Waals surface area (Å²) in [5, 5.41) is 2.79. The number of nitrogen functional groups attached to an aromatic ring is 1. The number of hydrogen-bond acceptors (Lipinski definition) is 2. The van der Waals surface area contributed by atoms with E-state index in [1.807, 2.05) is 32.9 Å². The lowest BCUT2D eigenvalue weighted by Crippen LogP contribution is -2.17. The predicted octanol–water partition coefficient (Wildman–Crippen LogP) is 2.17. The Hall–Kier alpha value is -1.51. The van der Waals surface area contributed by atoms with Crippen LogP contribution in [0.4, 0.5) is 11.4 Å². The van der Waals surface area contributed by atoms with Gasteiger partial charge in [-0.3, -0.25) is 4.79 Å². The van der Waals surface area contributed by atoms with Crippen LogP contribution in [-0.2, 0) is 4.79 Å². The van der Waals surface area contributed by atoms with Crippen LogP contribution in [0.1, 0.15) is 19.4 Å². The maximum Gasteiger partial charge on any atom is 0.226 e. The molecule has 0 radical (unpaired) electrons. The summed E-state index contributed by atoms with van der Waals surface area (Å²) in [6, 6.07) is 5.52. The minimum atomic E-state index is -0.0162. The zero-order valence-electron chi connectivity index (χ0n) is 8.79. The molecule has 1 amide bonds. The first kappa shape index (κ1) is 10.6. The standard InChI is InChI=1S/C11H16N2O/c1-7(2)11(14)13-9-5-4-8(3)10(12)6-9/h4-7H,12H2,1-3H3,(H,13,14). The van der Waals surface area contributed by atoms with Crippen LogP contribution >= 0.6 is 0 Å². The van der Waals surface area contributed by atoms with Crippen molar-refractivity contribution in [2.24, 2.45) is 5.92 Å². The molecule has 0 aromatic heterocycles. The van der Waals surface area contributed by atoms with Gasteiger partial charge in [0, 0.05) is 17.3 Å². The zero-order valence-corrected chi connectivity index (χ0v) is 8.79. The molecule has 1 aromatic rings. The van der Waals surface area contributed by atoms with Gasteiger partial charge in [0.2, 0.25) is 5.91 Å². The maximum atomic E-state index is 11.4.